The molecule has 1 N–H and O–H groups in total. The predicted molar refractivity (Wildman–Crippen MR) is 81.1 cm³/mol. The van der Waals surface area contributed by atoms with E-state index in [0.29, 0.717) is 12.1 Å². The topological polar surface area (TPSA) is 30.5 Å². The number of halogens is 1. The van der Waals surface area contributed by atoms with Crippen molar-refractivity contribution in [2.45, 2.75) is 43.9 Å². The van der Waals surface area contributed by atoms with Crippen LogP contribution < -0.4 is 10.1 Å². The molecule has 0 bridgehead atoms. The molecule has 2 fully saturated rings. The first-order valence-corrected chi connectivity index (χ1v) is 8.39. The Bertz CT molecular complexity index is 503. The molecule has 2 heterocycles. The first-order valence-electron chi connectivity index (χ1n) is 7.59. The van der Waals surface area contributed by atoms with Crippen LogP contribution in [0.5, 0.6) is 5.75 Å². The Morgan fingerprint density at radius 1 is 1.25 bits per heavy atom. The summed E-state index contributed by atoms with van der Waals surface area (Å²) in [6.45, 7) is 1.83. The fourth-order valence-corrected chi connectivity index (χ4v) is 3.81. The van der Waals surface area contributed by atoms with Gasteiger partial charge in [-0.25, -0.2) is 0 Å². The Morgan fingerprint density at radius 3 is 3.00 bits per heavy atom. The van der Waals surface area contributed by atoms with Gasteiger partial charge in [-0.1, -0.05) is 15.9 Å². The normalized spacial score (nSPS) is 32.1. The Labute approximate surface area is 128 Å². The van der Waals surface area contributed by atoms with E-state index in [1.54, 1.807) is 0 Å². The second-order valence-electron chi connectivity index (χ2n) is 6.17. The second kappa shape index (κ2) is 5.32. The van der Waals surface area contributed by atoms with E-state index in [9.17, 15) is 0 Å². The van der Waals surface area contributed by atoms with E-state index in [1.165, 1.54) is 18.4 Å². The van der Waals surface area contributed by atoms with Crippen molar-refractivity contribution in [1.82, 2.24) is 5.32 Å². The molecule has 0 radical (unpaired) electrons. The van der Waals surface area contributed by atoms with Gasteiger partial charge in [0.2, 0.25) is 0 Å². The highest BCUT2D eigenvalue weighted by Gasteiger charge is 2.40. The average molecular weight is 338 g/mol. The summed E-state index contributed by atoms with van der Waals surface area (Å²) in [6.07, 6.45) is 5.56. The third-order valence-corrected chi connectivity index (χ3v) is 5.09. The molecule has 1 aliphatic carbocycles. The minimum Gasteiger partial charge on any atom is -0.488 e. The minimum absolute atomic E-state index is 0.264. The predicted octanol–water partition coefficient (Wildman–Crippen LogP) is 2.91. The van der Waals surface area contributed by atoms with Crippen molar-refractivity contribution in [1.29, 1.82) is 0 Å². The highest BCUT2D eigenvalue weighted by Crippen LogP contribution is 2.39. The number of benzene rings is 1. The Kier molecular flexibility index (Phi) is 3.49. The average Bonchev–Trinajstić information content (AvgIpc) is 3.03. The van der Waals surface area contributed by atoms with Crippen LogP contribution in [0, 0.1) is 5.92 Å². The van der Waals surface area contributed by atoms with E-state index in [0.717, 1.165) is 42.1 Å². The first-order chi connectivity index (χ1) is 9.79. The first kappa shape index (κ1) is 13.1. The van der Waals surface area contributed by atoms with Crippen molar-refractivity contribution in [2.75, 3.05) is 13.2 Å². The van der Waals surface area contributed by atoms with Gasteiger partial charge < -0.3 is 14.8 Å². The van der Waals surface area contributed by atoms with Gasteiger partial charge in [0, 0.05) is 30.1 Å². The number of rotatable bonds is 4. The van der Waals surface area contributed by atoms with Gasteiger partial charge >= 0.3 is 0 Å². The Hall–Kier alpha value is -0.580. The maximum Gasteiger partial charge on any atom is 0.123 e. The van der Waals surface area contributed by atoms with E-state index in [-0.39, 0.29) is 6.10 Å². The maximum absolute atomic E-state index is 6.01. The van der Waals surface area contributed by atoms with Gasteiger partial charge in [0.05, 0.1) is 6.10 Å². The van der Waals surface area contributed by atoms with Crippen LogP contribution in [0.3, 0.4) is 0 Å². The van der Waals surface area contributed by atoms with Crippen LogP contribution in [0.25, 0.3) is 0 Å². The summed E-state index contributed by atoms with van der Waals surface area (Å²) in [5.41, 5.74) is 1.31. The fourth-order valence-electron chi connectivity index (χ4n) is 3.40. The van der Waals surface area contributed by atoms with Crippen molar-refractivity contribution >= 4 is 15.9 Å². The monoisotopic (exact) mass is 337 g/mol. The number of fused-ring (bicyclic) bond motifs is 1. The van der Waals surface area contributed by atoms with Crippen LogP contribution in [-0.4, -0.2) is 31.4 Å². The van der Waals surface area contributed by atoms with Gasteiger partial charge in [-0.3, -0.25) is 0 Å². The molecule has 3 nitrogen and oxygen atoms in total. The van der Waals surface area contributed by atoms with Gasteiger partial charge in [0.25, 0.3) is 0 Å². The van der Waals surface area contributed by atoms with Crippen LogP contribution in [0.4, 0.5) is 0 Å². The van der Waals surface area contributed by atoms with Crippen molar-refractivity contribution in [3.05, 3.63) is 28.2 Å². The molecule has 4 heteroatoms. The third-order valence-electron chi connectivity index (χ3n) is 4.59. The van der Waals surface area contributed by atoms with E-state index in [1.807, 2.05) is 6.07 Å². The molecular formula is C16H20BrNO2. The maximum atomic E-state index is 6.01. The molecule has 0 amide bonds. The molecule has 108 valence electrons. The SMILES string of the molecule is Brc1ccc2c(c1)CC(CNC1CCOC1C1CC1)O2. The molecule has 1 saturated carbocycles. The van der Waals surface area contributed by atoms with E-state index >= 15 is 0 Å². The van der Waals surface area contributed by atoms with Crippen molar-refractivity contribution < 1.29 is 9.47 Å². The fraction of sp³-hybridized carbons (Fsp3) is 0.625. The molecule has 2 aliphatic heterocycles. The molecule has 4 rings (SSSR count). The molecule has 0 aromatic heterocycles. The van der Waals surface area contributed by atoms with Crippen LogP contribution in [0.15, 0.2) is 22.7 Å². The highest BCUT2D eigenvalue weighted by molar-refractivity contribution is 9.10. The van der Waals surface area contributed by atoms with Gasteiger partial charge in [0.15, 0.2) is 0 Å². The van der Waals surface area contributed by atoms with Gasteiger partial charge in [-0.15, -0.1) is 0 Å². The van der Waals surface area contributed by atoms with Gasteiger partial charge in [0.1, 0.15) is 11.9 Å². The molecule has 3 aliphatic rings. The standard InChI is InChI=1S/C16H20BrNO2/c17-12-3-4-15-11(7-12)8-13(20-15)9-18-14-5-6-19-16(14)10-1-2-10/h3-4,7,10,13-14,16,18H,1-2,5-6,8-9H2. The van der Waals surface area contributed by atoms with E-state index in [2.05, 4.69) is 33.4 Å². The van der Waals surface area contributed by atoms with Gasteiger partial charge in [-0.05, 0) is 48.9 Å². The molecule has 1 aromatic rings. The minimum atomic E-state index is 0.264. The second-order valence-corrected chi connectivity index (χ2v) is 7.09. The lowest BCUT2D eigenvalue weighted by Gasteiger charge is -2.21. The quantitative estimate of drug-likeness (QED) is 0.916. The summed E-state index contributed by atoms with van der Waals surface area (Å²) in [5.74, 6) is 1.86. The zero-order valence-electron chi connectivity index (χ0n) is 11.5. The van der Waals surface area contributed by atoms with Crippen molar-refractivity contribution in [2.24, 2.45) is 5.92 Å². The summed E-state index contributed by atoms with van der Waals surface area (Å²) in [7, 11) is 0. The van der Waals surface area contributed by atoms with Crippen LogP contribution in [-0.2, 0) is 11.2 Å². The van der Waals surface area contributed by atoms with Crippen molar-refractivity contribution in [3.63, 3.8) is 0 Å². The summed E-state index contributed by atoms with van der Waals surface area (Å²) in [6, 6.07) is 6.80. The lowest BCUT2D eigenvalue weighted by Crippen LogP contribution is -2.42. The molecule has 1 saturated heterocycles. The molecule has 1 aromatic carbocycles. The largest absolute Gasteiger partial charge is 0.488 e. The number of hydrogen-bond donors (Lipinski definition) is 1. The Morgan fingerprint density at radius 2 is 2.15 bits per heavy atom. The number of hydrogen-bond acceptors (Lipinski definition) is 3. The van der Waals surface area contributed by atoms with Crippen LogP contribution in [0.1, 0.15) is 24.8 Å². The van der Waals surface area contributed by atoms with E-state index in [4.69, 9.17) is 9.47 Å². The third kappa shape index (κ3) is 2.61. The molecule has 3 unspecified atom stereocenters. The van der Waals surface area contributed by atoms with Crippen molar-refractivity contribution in [3.8, 4) is 5.75 Å². The van der Waals surface area contributed by atoms with Crippen LogP contribution in [0.2, 0.25) is 0 Å². The lowest BCUT2D eigenvalue weighted by atomic mass is 10.1. The van der Waals surface area contributed by atoms with E-state index < -0.39 is 0 Å². The van der Waals surface area contributed by atoms with Gasteiger partial charge in [-0.2, -0.15) is 0 Å². The zero-order chi connectivity index (χ0) is 13.5. The summed E-state index contributed by atoms with van der Waals surface area (Å²) in [4.78, 5) is 0. The Balaban J connectivity index is 1.33. The number of nitrogens with one attached hydrogen (secondary N) is 1. The summed E-state index contributed by atoms with van der Waals surface area (Å²) >= 11 is 3.52. The smallest absolute Gasteiger partial charge is 0.123 e. The molecular weight excluding hydrogens is 318 g/mol. The summed E-state index contributed by atoms with van der Waals surface area (Å²) in [5, 5.41) is 3.68. The lowest BCUT2D eigenvalue weighted by molar-refractivity contribution is 0.0789. The number of ether oxygens (including phenoxy) is 2. The summed E-state index contributed by atoms with van der Waals surface area (Å²) < 4.78 is 13.0. The molecule has 0 spiro atoms. The highest BCUT2D eigenvalue weighted by atomic mass is 79.9. The molecule has 3 atom stereocenters. The van der Waals surface area contributed by atoms with Crippen LogP contribution >= 0.6 is 15.9 Å². The molecule has 20 heavy (non-hydrogen) atoms. The zero-order valence-corrected chi connectivity index (χ0v) is 13.1.